The molecule has 0 radical (unpaired) electrons. The van der Waals surface area contributed by atoms with Gasteiger partial charge in [-0.05, 0) is 36.2 Å². The lowest BCUT2D eigenvalue weighted by atomic mass is 10.1. The zero-order chi connectivity index (χ0) is 23.2. The van der Waals surface area contributed by atoms with Crippen LogP contribution in [-0.2, 0) is 16.0 Å². The van der Waals surface area contributed by atoms with E-state index in [1.165, 1.54) is 17.0 Å². The summed E-state index contributed by atoms with van der Waals surface area (Å²) < 4.78 is 14.1. The van der Waals surface area contributed by atoms with E-state index in [1.807, 2.05) is 30.3 Å². The van der Waals surface area contributed by atoms with Crippen molar-refractivity contribution in [2.45, 2.75) is 12.8 Å². The molecule has 3 aromatic carbocycles. The first-order valence-electron chi connectivity index (χ1n) is 10.8. The van der Waals surface area contributed by atoms with Gasteiger partial charge >= 0.3 is 0 Å². The number of rotatable bonds is 7. The maximum absolute atomic E-state index is 14.1. The van der Waals surface area contributed by atoms with Gasteiger partial charge in [0.05, 0.1) is 22.9 Å². The Labute approximate surface area is 191 Å². The van der Waals surface area contributed by atoms with Gasteiger partial charge in [-0.1, -0.05) is 54.6 Å². The second-order valence-electron chi connectivity index (χ2n) is 7.88. The Morgan fingerprint density at radius 3 is 2.42 bits per heavy atom. The summed E-state index contributed by atoms with van der Waals surface area (Å²) in [6.45, 7) is 0.539. The highest BCUT2D eigenvalue weighted by atomic mass is 19.1. The van der Waals surface area contributed by atoms with E-state index >= 15 is 0 Å². The SMILES string of the molecule is O=C(NCCc1ccccc1)c1ccccc1NC(=O)[C@@H]1CC(=O)N(c2ccccc2F)C1. The molecule has 0 unspecified atom stereocenters. The van der Waals surface area contributed by atoms with Gasteiger partial charge in [0, 0.05) is 19.5 Å². The third kappa shape index (κ3) is 5.26. The highest BCUT2D eigenvalue weighted by molar-refractivity contribution is 6.07. The smallest absolute Gasteiger partial charge is 0.253 e. The molecule has 33 heavy (non-hydrogen) atoms. The minimum absolute atomic E-state index is 0.0222. The van der Waals surface area contributed by atoms with Crippen molar-refractivity contribution >= 4 is 29.1 Å². The van der Waals surface area contributed by atoms with Gasteiger partial charge in [0.2, 0.25) is 11.8 Å². The van der Waals surface area contributed by atoms with Gasteiger partial charge in [0.1, 0.15) is 5.82 Å². The molecule has 6 nitrogen and oxygen atoms in total. The van der Waals surface area contributed by atoms with Crippen LogP contribution in [-0.4, -0.2) is 30.8 Å². The molecule has 3 aromatic rings. The summed E-state index contributed by atoms with van der Waals surface area (Å²) >= 11 is 0. The van der Waals surface area contributed by atoms with Gasteiger partial charge in [-0.2, -0.15) is 0 Å². The summed E-state index contributed by atoms with van der Waals surface area (Å²) in [4.78, 5) is 39.3. The van der Waals surface area contributed by atoms with E-state index < -0.39 is 11.7 Å². The molecule has 0 aromatic heterocycles. The van der Waals surface area contributed by atoms with Crippen molar-refractivity contribution < 1.29 is 18.8 Å². The lowest BCUT2D eigenvalue weighted by Crippen LogP contribution is -2.30. The fraction of sp³-hybridized carbons (Fsp3) is 0.192. The van der Waals surface area contributed by atoms with Crippen LogP contribution < -0.4 is 15.5 Å². The van der Waals surface area contributed by atoms with E-state index in [2.05, 4.69) is 10.6 Å². The highest BCUT2D eigenvalue weighted by Gasteiger charge is 2.36. The Morgan fingerprint density at radius 2 is 1.64 bits per heavy atom. The molecular weight excluding hydrogens is 421 g/mol. The molecule has 0 saturated carbocycles. The number of para-hydroxylation sites is 2. The predicted molar refractivity (Wildman–Crippen MR) is 124 cm³/mol. The third-order valence-electron chi connectivity index (χ3n) is 5.61. The summed E-state index contributed by atoms with van der Waals surface area (Å²) in [7, 11) is 0. The average molecular weight is 445 g/mol. The molecule has 1 fully saturated rings. The number of carbonyl (C=O) groups is 3. The number of halogens is 1. The Balaban J connectivity index is 1.39. The lowest BCUT2D eigenvalue weighted by Gasteiger charge is -2.17. The lowest BCUT2D eigenvalue weighted by molar-refractivity contribution is -0.122. The number of anilines is 2. The van der Waals surface area contributed by atoms with Gasteiger partial charge in [-0.25, -0.2) is 4.39 Å². The molecule has 168 valence electrons. The van der Waals surface area contributed by atoms with Crippen LogP contribution in [0.5, 0.6) is 0 Å². The standard InChI is InChI=1S/C26H24FN3O3/c27-21-11-5-7-13-23(21)30-17-19(16-24(30)31)25(32)29-22-12-6-4-10-20(22)26(33)28-15-14-18-8-2-1-3-9-18/h1-13,19H,14-17H2,(H,28,33)(H,29,32)/t19-/m1/s1. The molecule has 0 aliphatic carbocycles. The largest absolute Gasteiger partial charge is 0.352 e. The van der Waals surface area contributed by atoms with Crippen LogP contribution in [0.3, 0.4) is 0 Å². The number of nitrogens with zero attached hydrogens (tertiary/aromatic N) is 1. The van der Waals surface area contributed by atoms with Crippen molar-refractivity contribution in [3.05, 3.63) is 95.8 Å². The van der Waals surface area contributed by atoms with Gasteiger partial charge in [-0.3, -0.25) is 14.4 Å². The molecule has 4 rings (SSSR count). The van der Waals surface area contributed by atoms with Crippen molar-refractivity contribution in [3.63, 3.8) is 0 Å². The molecule has 1 aliphatic rings. The van der Waals surface area contributed by atoms with E-state index in [0.29, 0.717) is 24.2 Å². The molecule has 0 bridgehead atoms. The van der Waals surface area contributed by atoms with Gasteiger partial charge in [0.25, 0.3) is 5.91 Å². The zero-order valence-corrected chi connectivity index (χ0v) is 18.0. The summed E-state index contributed by atoms with van der Waals surface area (Å²) in [6.07, 6.45) is 0.669. The Kier molecular flexibility index (Phi) is 6.78. The monoisotopic (exact) mass is 445 g/mol. The third-order valence-corrected chi connectivity index (χ3v) is 5.61. The van der Waals surface area contributed by atoms with E-state index in [4.69, 9.17) is 0 Å². The quantitative estimate of drug-likeness (QED) is 0.581. The van der Waals surface area contributed by atoms with E-state index in [9.17, 15) is 18.8 Å². The van der Waals surface area contributed by atoms with Crippen LogP contribution in [0.4, 0.5) is 15.8 Å². The molecule has 0 spiro atoms. The van der Waals surface area contributed by atoms with E-state index in [0.717, 1.165) is 5.56 Å². The Hall–Kier alpha value is -4.00. The summed E-state index contributed by atoms with van der Waals surface area (Å²) in [5.74, 6) is -2.15. The molecular formula is C26H24FN3O3. The number of hydrogen-bond acceptors (Lipinski definition) is 3. The second kappa shape index (κ2) is 10.1. The van der Waals surface area contributed by atoms with Crippen molar-refractivity contribution in [3.8, 4) is 0 Å². The van der Waals surface area contributed by atoms with Gasteiger partial charge in [-0.15, -0.1) is 0 Å². The van der Waals surface area contributed by atoms with Gasteiger partial charge < -0.3 is 15.5 Å². The molecule has 1 saturated heterocycles. The first-order valence-corrected chi connectivity index (χ1v) is 10.8. The van der Waals surface area contributed by atoms with Crippen molar-refractivity contribution in [2.24, 2.45) is 5.92 Å². The second-order valence-corrected chi connectivity index (χ2v) is 7.88. The number of carbonyl (C=O) groups excluding carboxylic acids is 3. The van der Waals surface area contributed by atoms with Crippen molar-refractivity contribution in [2.75, 3.05) is 23.3 Å². The van der Waals surface area contributed by atoms with E-state index in [1.54, 1.807) is 36.4 Å². The first-order chi connectivity index (χ1) is 16.0. The van der Waals surface area contributed by atoms with Gasteiger partial charge in [0.15, 0.2) is 0 Å². The molecule has 1 heterocycles. The molecule has 1 atom stereocenters. The Bertz CT molecular complexity index is 1170. The Morgan fingerprint density at radius 1 is 0.939 bits per heavy atom. The fourth-order valence-electron chi connectivity index (χ4n) is 3.87. The van der Waals surface area contributed by atoms with Crippen LogP contribution in [0.1, 0.15) is 22.3 Å². The van der Waals surface area contributed by atoms with Crippen LogP contribution in [0, 0.1) is 11.7 Å². The van der Waals surface area contributed by atoms with Crippen LogP contribution in [0.15, 0.2) is 78.9 Å². The fourth-order valence-corrected chi connectivity index (χ4v) is 3.87. The summed E-state index contributed by atoms with van der Waals surface area (Å²) in [5, 5.41) is 5.65. The van der Waals surface area contributed by atoms with Crippen LogP contribution in [0.25, 0.3) is 0 Å². The first kappa shape index (κ1) is 22.2. The van der Waals surface area contributed by atoms with Crippen molar-refractivity contribution in [1.29, 1.82) is 0 Å². The molecule has 1 aliphatic heterocycles. The van der Waals surface area contributed by atoms with Crippen molar-refractivity contribution in [1.82, 2.24) is 5.32 Å². The highest BCUT2D eigenvalue weighted by Crippen LogP contribution is 2.28. The number of benzene rings is 3. The normalized spacial score (nSPS) is 15.4. The predicted octanol–water partition coefficient (Wildman–Crippen LogP) is 3.79. The maximum atomic E-state index is 14.1. The number of nitrogens with one attached hydrogen (secondary N) is 2. The van der Waals surface area contributed by atoms with Crippen LogP contribution >= 0.6 is 0 Å². The summed E-state index contributed by atoms with van der Waals surface area (Å²) in [6, 6.07) is 22.5. The molecule has 3 amide bonds. The average Bonchev–Trinajstić information content (AvgIpc) is 3.22. The summed E-state index contributed by atoms with van der Waals surface area (Å²) in [5.41, 5.74) is 1.99. The van der Waals surface area contributed by atoms with E-state index in [-0.39, 0.29) is 36.4 Å². The topological polar surface area (TPSA) is 78.5 Å². The number of amides is 3. The zero-order valence-electron chi connectivity index (χ0n) is 18.0. The molecule has 7 heteroatoms. The molecule has 2 N–H and O–H groups in total. The van der Waals surface area contributed by atoms with Crippen LogP contribution in [0.2, 0.25) is 0 Å². The minimum Gasteiger partial charge on any atom is -0.352 e. The maximum Gasteiger partial charge on any atom is 0.253 e. The minimum atomic E-state index is -0.647. The number of hydrogen-bond donors (Lipinski definition) is 2.